The molecule has 3 aliphatic rings. The number of nitrogens with zero attached hydrogens (tertiary/aromatic N) is 3. The van der Waals surface area contributed by atoms with Crippen LogP contribution in [0.5, 0.6) is 0 Å². The second-order valence-electron chi connectivity index (χ2n) is 10.6. The number of carbonyl (C=O) groups is 1. The zero-order valence-electron chi connectivity index (χ0n) is 20.3. The van der Waals surface area contributed by atoms with Crippen LogP contribution in [0.15, 0.2) is 48.8 Å². The molecule has 6 rings (SSSR count). The number of ether oxygens (including phenoxy) is 1. The third-order valence-electron chi connectivity index (χ3n) is 8.27. The minimum absolute atomic E-state index is 0.0189. The highest BCUT2D eigenvalue weighted by Crippen LogP contribution is 2.47. The summed E-state index contributed by atoms with van der Waals surface area (Å²) in [7, 11) is 0. The van der Waals surface area contributed by atoms with Gasteiger partial charge in [-0.1, -0.05) is 17.7 Å². The van der Waals surface area contributed by atoms with E-state index in [1.165, 1.54) is 0 Å². The normalized spacial score (nSPS) is 28.9. The number of alkyl halides is 1. The first-order valence-corrected chi connectivity index (χ1v) is 13.1. The lowest BCUT2D eigenvalue weighted by atomic mass is 9.85. The van der Waals surface area contributed by atoms with Crippen molar-refractivity contribution >= 4 is 34.1 Å². The summed E-state index contributed by atoms with van der Waals surface area (Å²) < 4.78 is 19.9. The molecule has 6 nitrogen and oxygen atoms in total. The van der Waals surface area contributed by atoms with E-state index in [9.17, 15) is 9.18 Å². The lowest BCUT2D eigenvalue weighted by Gasteiger charge is -2.43. The fraction of sp³-hybridized carbons (Fsp3) is 0.464. The molecule has 0 spiro atoms. The zero-order chi connectivity index (χ0) is 24.9. The number of fused-ring (bicyclic) bond motifs is 1. The third kappa shape index (κ3) is 4.38. The molecule has 3 aromatic rings. The highest BCUT2D eigenvalue weighted by atomic mass is 35.5. The summed E-state index contributed by atoms with van der Waals surface area (Å²) in [4.78, 5) is 23.9. The molecule has 2 aliphatic heterocycles. The zero-order valence-corrected chi connectivity index (χ0v) is 21.0. The number of nitrogens with one attached hydrogen (secondary N) is 1. The largest absolute Gasteiger partial charge is 0.376 e. The van der Waals surface area contributed by atoms with Crippen LogP contribution in [0.3, 0.4) is 0 Å². The van der Waals surface area contributed by atoms with Gasteiger partial charge in [-0.15, -0.1) is 0 Å². The predicted octanol–water partition coefficient (Wildman–Crippen LogP) is 5.33. The van der Waals surface area contributed by atoms with Crippen molar-refractivity contribution in [2.45, 2.75) is 49.7 Å². The third-order valence-corrected chi connectivity index (χ3v) is 8.60. The van der Waals surface area contributed by atoms with Crippen molar-refractivity contribution in [1.29, 1.82) is 0 Å². The Kier molecular flexibility index (Phi) is 6.18. The van der Waals surface area contributed by atoms with Gasteiger partial charge in [-0.2, -0.15) is 0 Å². The fourth-order valence-corrected chi connectivity index (χ4v) is 6.15. The molecule has 1 N–H and O–H groups in total. The van der Waals surface area contributed by atoms with Crippen molar-refractivity contribution in [2.75, 3.05) is 31.6 Å². The van der Waals surface area contributed by atoms with Gasteiger partial charge in [0, 0.05) is 40.3 Å². The van der Waals surface area contributed by atoms with E-state index >= 15 is 0 Å². The van der Waals surface area contributed by atoms with E-state index in [-0.39, 0.29) is 24.3 Å². The van der Waals surface area contributed by atoms with Crippen LogP contribution >= 0.6 is 11.6 Å². The SMILES string of the molecule is C[C@]1(N2CCC(c3cc4cc(NC(=O)[C@@H]5C[C@H]5c5ccccn5)ncc4cc3Cl)CC2)COC[C@H]1F. The van der Waals surface area contributed by atoms with E-state index in [0.717, 1.165) is 59.4 Å². The first kappa shape index (κ1) is 23.8. The number of halogens is 2. The molecule has 0 unspecified atom stereocenters. The quantitative estimate of drug-likeness (QED) is 0.504. The summed E-state index contributed by atoms with van der Waals surface area (Å²) in [5.74, 6) is 0.937. The second-order valence-corrected chi connectivity index (χ2v) is 11.0. The Hall–Kier alpha value is -2.61. The molecule has 3 fully saturated rings. The number of anilines is 1. The van der Waals surface area contributed by atoms with Gasteiger partial charge < -0.3 is 10.1 Å². The number of hydrogen-bond acceptors (Lipinski definition) is 5. The van der Waals surface area contributed by atoms with Crippen LogP contribution < -0.4 is 5.32 Å². The Bertz CT molecular complexity index is 1280. The summed E-state index contributed by atoms with van der Waals surface area (Å²) in [6.45, 7) is 4.23. The van der Waals surface area contributed by atoms with Crippen LogP contribution in [-0.4, -0.2) is 58.8 Å². The Labute approximate surface area is 215 Å². The van der Waals surface area contributed by atoms with E-state index in [1.54, 1.807) is 12.4 Å². The first-order valence-electron chi connectivity index (χ1n) is 12.7. The standard InChI is InChI=1S/C28H30ClFN4O2/c1-28(16-36-15-25(28)30)34-8-5-17(6-9-34)20-10-18-12-26(32-14-19(18)11-23(20)29)33-27(35)22-13-21(22)24-4-2-3-7-31-24/h2-4,7,10-12,14,17,21-22,25H,5-6,8-9,13,15-16H2,1H3,(H,32,33,35)/t21-,22-,25-,28+/m1/s1. The molecule has 4 atom stereocenters. The average Bonchev–Trinajstić information content (AvgIpc) is 3.63. The molecule has 4 heterocycles. The molecule has 2 saturated heterocycles. The Morgan fingerprint density at radius 1 is 1.19 bits per heavy atom. The predicted molar refractivity (Wildman–Crippen MR) is 138 cm³/mol. The van der Waals surface area contributed by atoms with E-state index in [0.29, 0.717) is 18.3 Å². The summed E-state index contributed by atoms with van der Waals surface area (Å²) in [5.41, 5.74) is 1.54. The lowest BCUT2D eigenvalue weighted by molar-refractivity contribution is -0.117. The number of carbonyl (C=O) groups excluding carboxylic acids is 1. The molecule has 1 aliphatic carbocycles. The Morgan fingerprint density at radius 2 is 2.03 bits per heavy atom. The topological polar surface area (TPSA) is 67.4 Å². The lowest BCUT2D eigenvalue weighted by Crippen LogP contribution is -2.55. The van der Waals surface area contributed by atoms with Crippen LogP contribution in [0.2, 0.25) is 5.02 Å². The fourth-order valence-electron chi connectivity index (χ4n) is 5.82. The van der Waals surface area contributed by atoms with Gasteiger partial charge in [0.2, 0.25) is 5.91 Å². The molecule has 36 heavy (non-hydrogen) atoms. The minimum atomic E-state index is -0.950. The number of aromatic nitrogens is 2. The maximum Gasteiger partial charge on any atom is 0.229 e. The van der Waals surface area contributed by atoms with E-state index in [4.69, 9.17) is 16.3 Å². The smallest absolute Gasteiger partial charge is 0.229 e. The van der Waals surface area contributed by atoms with Crippen molar-refractivity contribution < 1.29 is 13.9 Å². The maximum absolute atomic E-state index is 14.5. The maximum atomic E-state index is 14.5. The molecule has 1 aromatic carbocycles. The van der Waals surface area contributed by atoms with Crippen molar-refractivity contribution in [3.63, 3.8) is 0 Å². The molecular weight excluding hydrogens is 479 g/mol. The van der Waals surface area contributed by atoms with Gasteiger partial charge >= 0.3 is 0 Å². The number of benzene rings is 1. The van der Waals surface area contributed by atoms with Gasteiger partial charge in [0.15, 0.2) is 0 Å². The molecule has 0 radical (unpaired) electrons. The molecule has 1 saturated carbocycles. The Balaban J connectivity index is 1.15. The van der Waals surface area contributed by atoms with Crippen LogP contribution in [0.1, 0.15) is 49.3 Å². The van der Waals surface area contributed by atoms with Crippen molar-refractivity contribution in [2.24, 2.45) is 5.92 Å². The van der Waals surface area contributed by atoms with Gasteiger partial charge in [0.25, 0.3) is 0 Å². The molecule has 0 bridgehead atoms. The number of likely N-dealkylation sites (tertiary alicyclic amines) is 1. The van der Waals surface area contributed by atoms with Crippen LogP contribution in [-0.2, 0) is 9.53 Å². The summed E-state index contributed by atoms with van der Waals surface area (Å²) in [6, 6.07) is 11.8. The Morgan fingerprint density at radius 3 is 2.75 bits per heavy atom. The highest BCUT2D eigenvalue weighted by Gasteiger charge is 2.46. The molecule has 2 aromatic heterocycles. The summed E-state index contributed by atoms with van der Waals surface area (Å²) in [6.07, 6.45) is 5.21. The van der Waals surface area contributed by atoms with Gasteiger partial charge in [0.05, 0.1) is 18.8 Å². The van der Waals surface area contributed by atoms with Gasteiger partial charge in [0.1, 0.15) is 12.0 Å². The first-order chi connectivity index (χ1) is 17.4. The minimum Gasteiger partial charge on any atom is -0.376 e. The van der Waals surface area contributed by atoms with Crippen LogP contribution in [0.4, 0.5) is 10.2 Å². The molecule has 188 valence electrons. The van der Waals surface area contributed by atoms with E-state index < -0.39 is 11.7 Å². The number of pyridine rings is 2. The van der Waals surface area contributed by atoms with Crippen molar-refractivity contribution in [3.8, 4) is 0 Å². The summed E-state index contributed by atoms with van der Waals surface area (Å²) in [5, 5.41) is 5.66. The monoisotopic (exact) mass is 508 g/mol. The molecular formula is C28H30ClFN4O2. The summed E-state index contributed by atoms with van der Waals surface area (Å²) >= 11 is 6.70. The van der Waals surface area contributed by atoms with Crippen LogP contribution in [0, 0.1) is 5.92 Å². The van der Waals surface area contributed by atoms with Crippen molar-refractivity contribution in [3.05, 3.63) is 65.1 Å². The average molecular weight is 509 g/mol. The van der Waals surface area contributed by atoms with E-state index in [1.807, 2.05) is 37.3 Å². The molecule has 8 heteroatoms. The number of rotatable bonds is 5. The van der Waals surface area contributed by atoms with Gasteiger partial charge in [-0.25, -0.2) is 9.37 Å². The van der Waals surface area contributed by atoms with Crippen LogP contribution in [0.25, 0.3) is 10.8 Å². The second kappa shape index (κ2) is 9.36. The van der Waals surface area contributed by atoms with E-state index in [2.05, 4.69) is 26.3 Å². The molecule has 1 amide bonds. The number of amides is 1. The van der Waals surface area contributed by atoms with Gasteiger partial charge in [-0.3, -0.25) is 14.7 Å². The van der Waals surface area contributed by atoms with Crippen molar-refractivity contribution in [1.82, 2.24) is 14.9 Å². The highest BCUT2D eigenvalue weighted by molar-refractivity contribution is 6.32. The number of piperidine rings is 1. The van der Waals surface area contributed by atoms with Gasteiger partial charge in [-0.05, 0) is 86.5 Å². The number of hydrogen-bond donors (Lipinski definition) is 1.